The van der Waals surface area contributed by atoms with Gasteiger partial charge in [0, 0.05) is 24.2 Å². The van der Waals surface area contributed by atoms with Crippen LogP contribution < -0.4 is 0 Å². The molecule has 1 aromatic rings. The molecule has 0 N–H and O–H groups in total. The summed E-state index contributed by atoms with van der Waals surface area (Å²) in [6.45, 7) is 6.09. The molecule has 2 nitrogen and oxygen atoms in total. The van der Waals surface area contributed by atoms with E-state index in [2.05, 4.69) is 5.10 Å². The molecule has 3 heteroatoms. The fraction of sp³-hybridized carbons (Fsp3) is 0.625. The number of aryl methyl sites for hydroxylation is 1. The van der Waals surface area contributed by atoms with Crippen LogP contribution in [0.5, 0.6) is 0 Å². The number of hydrogen-bond donors (Lipinski definition) is 0. The molecule has 62 valence electrons. The highest BCUT2D eigenvalue weighted by atomic mass is 19.1. The summed E-state index contributed by atoms with van der Waals surface area (Å²) >= 11 is 0. The predicted octanol–water partition coefficient (Wildman–Crippen LogP) is 1.86. The molecular weight excluding hydrogens is 143 g/mol. The van der Waals surface area contributed by atoms with Gasteiger partial charge in [-0.15, -0.1) is 5.10 Å². The van der Waals surface area contributed by atoms with E-state index in [-0.39, 0.29) is 5.41 Å². The zero-order valence-electron chi connectivity index (χ0n) is 7.35. The molecule has 0 radical (unpaired) electrons. The van der Waals surface area contributed by atoms with Gasteiger partial charge in [0.05, 0.1) is 0 Å². The summed E-state index contributed by atoms with van der Waals surface area (Å²) in [6, 6.07) is 1.47. The molecule has 0 aliphatic heterocycles. The first-order valence-electron chi connectivity index (χ1n) is 3.61. The third kappa shape index (κ3) is 1.59. The van der Waals surface area contributed by atoms with Gasteiger partial charge in [0.1, 0.15) is 0 Å². The van der Waals surface area contributed by atoms with Gasteiger partial charge in [-0.05, 0) is 0 Å². The molecule has 0 unspecified atom stereocenters. The topological polar surface area (TPSA) is 17.8 Å². The van der Waals surface area contributed by atoms with Crippen molar-refractivity contribution in [2.45, 2.75) is 26.2 Å². The predicted molar refractivity (Wildman–Crippen MR) is 41.9 cm³/mol. The van der Waals surface area contributed by atoms with E-state index in [1.54, 1.807) is 11.7 Å². The lowest BCUT2D eigenvalue weighted by Gasteiger charge is -2.17. The quantitative estimate of drug-likeness (QED) is 0.560. The van der Waals surface area contributed by atoms with Crippen molar-refractivity contribution in [3.8, 4) is 0 Å². The van der Waals surface area contributed by atoms with Crippen LogP contribution in [-0.4, -0.2) is 9.78 Å². The highest BCUT2D eigenvalue weighted by Crippen LogP contribution is 2.21. The first-order chi connectivity index (χ1) is 4.91. The maximum absolute atomic E-state index is 12.6. The summed E-state index contributed by atoms with van der Waals surface area (Å²) in [7, 11) is 1.75. The molecule has 0 fully saturated rings. The highest BCUT2D eigenvalue weighted by molar-refractivity contribution is 5.12. The van der Waals surface area contributed by atoms with Crippen molar-refractivity contribution in [3.63, 3.8) is 0 Å². The molecule has 0 saturated carbocycles. The van der Waals surface area contributed by atoms with Crippen LogP contribution in [0.2, 0.25) is 0 Å². The molecule has 0 amide bonds. The molecule has 0 saturated heterocycles. The second-order valence-electron chi connectivity index (χ2n) is 3.73. The minimum Gasteiger partial charge on any atom is -0.269 e. The Morgan fingerprint density at radius 1 is 1.45 bits per heavy atom. The van der Waals surface area contributed by atoms with E-state index in [9.17, 15) is 4.39 Å². The second-order valence-corrected chi connectivity index (χ2v) is 3.73. The second kappa shape index (κ2) is 2.32. The van der Waals surface area contributed by atoms with Gasteiger partial charge in [0.2, 0.25) is 5.95 Å². The average molecular weight is 156 g/mol. The lowest BCUT2D eigenvalue weighted by Crippen LogP contribution is -2.16. The van der Waals surface area contributed by atoms with E-state index >= 15 is 0 Å². The molecule has 0 aliphatic rings. The van der Waals surface area contributed by atoms with Gasteiger partial charge < -0.3 is 0 Å². The van der Waals surface area contributed by atoms with E-state index in [0.717, 1.165) is 5.69 Å². The molecule has 1 heterocycles. The van der Waals surface area contributed by atoms with Gasteiger partial charge >= 0.3 is 0 Å². The van der Waals surface area contributed by atoms with Gasteiger partial charge in [-0.3, -0.25) is 4.68 Å². The van der Waals surface area contributed by atoms with Crippen molar-refractivity contribution in [2.24, 2.45) is 7.05 Å². The van der Waals surface area contributed by atoms with E-state index in [0.29, 0.717) is 0 Å². The maximum Gasteiger partial charge on any atom is 0.232 e. The molecule has 1 aromatic heterocycles. The van der Waals surface area contributed by atoms with Gasteiger partial charge in [0.15, 0.2) is 0 Å². The summed E-state index contributed by atoms with van der Waals surface area (Å²) in [5.41, 5.74) is 0.876. The van der Waals surface area contributed by atoms with Crippen LogP contribution in [0.1, 0.15) is 26.5 Å². The van der Waals surface area contributed by atoms with Crippen molar-refractivity contribution in [1.82, 2.24) is 9.78 Å². The van der Waals surface area contributed by atoms with Crippen LogP contribution >= 0.6 is 0 Å². The number of nitrogens with zero attached hydrogens (tertiary/aromatic N) is 2. The van der Waals surface area contributed by atoms with Crippen LogP contribution in [0, 0.1) is 5.95 Å². The highest BCUT2D eigenvalue weighted by Gasteiger charge is 2.18. The molecule has 0 bridgehead atoms. The smallest absolute Gasteiger partial charge is 0.232 e. The van der Waals surface area contributed by atoms with E-state index in [1.165, 1.54) is 6.07 Å². The Morgan fingerprint density at radius 2 is 2.00 bits per heavy atom. The van der Waals surface area contributed by atoms with Crippen molar-refractivity contribution in [1.29, 1.82) is 0 Å². The summed E-state index contributed by atoms with van der Waals surface area (Å²) in [4.78, 5) is 0. The molecular formula is C8H13FN2. The number of aromatic nitrogens is 2. The van der Waals surface area contributed by atoms with Crippen LogP contribution in [0.25, 0.3) is 0 Å². The minimum absolute atomic E-state index is 0.0356. The standard InChI is InChI=1S/C8H13FN2/c1-8(2,3)6-5-7(9)10-11(6)4/h5H,1-4H3. The molecule has 0 aliphatic carbocycles. The summed E-state index contributed by atoms with van der Waals surface area (Å²) in [5.74, 6) is -0.405. The third-order valence-electron chi connectivity index (χ3n) is 1.62. The molecule has 1 rings (SSSR count). The summed E-state index contributed by atoms with van der Waals surface area (Å²) < 4.78 is 14.2. The van der Waals surface area contributed by atoms with Gasteiger partial charge in [-0.2, -0.15) is 4.39 Å². The molecule has 11 heavy (non-hydrogen) atoms. The normalized spacial score (nSPS) is 12.1. The fourth-order valence-electron chi connectivity index (χ4n) is 1.13. The Kier molecular flexibility index (Phi) is 1.74. The Labute approximate surface area is 66.0 Å². The SMILES string of the molecule is Cn1nc(F)cc1C(C)(C)C. The minimum atomic E-state index is -0.405. The number of rotatable bonds is 0. The first kappa shape index (κ1) is 8.24. The van der Waals surface area contributed by atoms with Crippen molar-refractivity contribution >= 4 is 0 Å². The van der Waals surface area contributed by atoms with Crippen LogP contribution in [0.3, 0.4) is 0 Å². The zero-order valence-corrected chi connectivity index (χ0v) is 7.35. The van der Waals surface area contributed by atoms with E-state index in [1.807, 2.05) is 20.8 Å². The van der Waals surface area contributed by atoms with E-state index < -0.39 is 5.95 Å². The maximum atomic E-state index is 12.6. The lowest BCUT2D eigenvalue weighted by atomic mass is 9.92. The van der Waals surface area contributed by atoms with Crippen molar-refractivity contribution < 1.29 is 4.39 Å². The van der Waals surface area contributed by atoms with E-state index in [4.69, 9.17) is 0 Å². The van der Waals surface area contributed by atoms with Gasteiger partial charge in [-0.25, -0.2) is 0 Å². The van der Waals surface area contributed by atoms with Crippen molar-refractivity contribution in [3.05, 3.63) is 17.7 Å². The lowest BCUT2D eigenvalue weighted by molar-refractivity contribution is 0.510. The van der Waals surface area contributed by atoms with Crippen molar-refractivity contribution in [2.75, 3.05) is 0 Å². The molecule has 0 atom stereocenters. The largest absolute Gasteiger partial charge is 0.269 e. The fourth-order valence-corrected chi connectivity index (χ4v) is 1.13. The molecule has 0 spiro atoms. The third-order valence-corrected chi connectivity index (χ3v) is 1.62. The first-order valence-corrected chi connectivity index (χ1v) is 3.61. The average Bonchev–Trinajstić information content (AvgIpc) is 2.08. The number of halogens is 1. The Bertz CT molecular complexity index is 258. The Hall–Kier alpha value is -0.860. The Morgan fingerprint density at radius 3 is 2.18 bits per heavy atom. The van der Waals surface area contributed by atoms with Crippen LogP contribution in [0.4, 0.5) is 4.39 Å². The van der Waals surface area contributed by atoms with Gasteiger partial charge in [-0.1, -0.05) is 20.8 Å². The monoisotopic (exact) mass is 156 g/mol. The summed E-state index contributed by atoms with van der Waals surface area (Å²) in [5, 5.41) is 3.63. The van der Waals surface area contributed by atoms with Gasteiger partial charge in [0.25, 0.3) is 0 Å². The number of hydrogen-bond acceptors (Lipinski definition) is 1. The summed E-state index contributed by atoms with van der Waals surface area (Å²) in [6.07, 6.45) is 0. The molecule has 0 aromatic carbocycles. The van der Waals surface area contributed by atoms with Crippen LogP contribution in [-0.2, 0) is 12.5 Å². The Balaban J connectivity index is 3.13. The van der Waals surface area contributed by atoms with Crippen LogP contribution in [0.15, 0.2) is 6.07 Å². The zero-order chi connectivity index (χ0) is 8.65.